The Labute approximate surface area is 84.3 Å². The minimum atomic E-state index is -0.833. The van der Waals surface area contributed by atoms with E-state index in [0.717, 1.165) is 16.4 Å². The van der Waals surface area contributed by atoms with Crippen molar-refractivity contribution in [1.82, 2.24) is 0 Å². The van der Waals surface area contributed by atoms with Crippen molar-refractivity contribution in [3.8, 4) is 0 Å². The molecular formula is C8H8BrClO2. The molecular weight excluding hydrogens is 243 g/mol. The first kappa shape index (κ1) is 11.5. The largest absolute Gasteiger partial charge is 0.481 e. The van der Waals surface area contributed by atoms with E-state index in [1.54, 1.807) is 0 Å². The van der Waals surface area contributed by atoms with E-state index in [9.17, 15) is 0 Å². The SMILES string of the molecule is CC(=O)O.Clc1cccc(Br)c1. The number of carboxylic acids is 1. The molecule has 0 spiro atoms. The maximum atomic E-state index is 9.00. The van der Waals surface area contributed by atoms with E-state index < -0.39 is 5.97 Å². The predicted molar refractivity (Wildman–Crippen MR) is 52.5 cm³/mol. The lowest BCUT2D eigenvalue weighted by atomic mass is 10.4. The second kappa shape index (κ2) is 6.03. The molecule has 4 heteroatoms. The Morgan fingerprint density at radius 2 is 2.08 bits per heavy atom. The second-order valence-corrected chi connectivity index (χ2v) is 3.31. The van der Waals surface area contributed by atoms with Gasteiger partial charge in [0.1, 0.15) is 0 Å². The number of aliphatic carboxylic acids is 1. The molecule has 0 bridgehead atoms. The van der Waals surface area contributed by atoms with Crippen LogP contribution in [0.15, 0.2) is 28.7 Å². The first-order chi connectivity index (χ1) is 5.52. The number of benzene rings is 1. The molecule has 0 aliphatic carbocycles. The molecule has 0 atom stereocenters. The van der Waals surface area contributed by atoms with Gasteiger partial charge in [-0.15, -0.1) is 0 Å². The van der Waals surface area contributed by atoms with Crippen LogP contribution in [0.2, 0.25) is 5.02 Å². The van der Waals surface area contributed by atoms with Crippen molar-refractivity contribution in [3.05, 3.63) is 33.8 Å². The van der Waals surface area contributed by atoms with Crippen LogP contribution in [-0.4, -0.2) is 11.1 Å². The number of rotatable bonds is 0. The Morgan fingerprint density at radius 1 is 1.58 bits per heavy atom. The molecule has 0 aromatic heterocycles. The monoisotopic (exact) mass is 250 g/mol. The Kier molecular flexibility index (Phi) is 5.76. The third kappa shape index (κ3) is 7.57. The number of carboxylic acid groups (broad SMARTS) is 1. The zero-order valence-corrected chi connectivity index (χ0v) is 8.76. The highest BCUT2D eigenvalue weighted by Gasteiger charge is 1.84. The summed E-state index contributed by atoms with van der Waals surface area (Å²) in [5.74, 6) is -0.833. The molecule has 1 rings (SSSR count). The zero-order valence-electron chi connectivity index (χ0n) is 6.42. The van der Waals surface area contributed by atoms with Crippen LogP contribution in [0, 0.1) is 0 Å². The molecule has 0 aliphatic rings. The first-order valence-corrected chi connectivity index (χ1v) is 4.30. The number of carbonyl (C=O) groups is 1. The van der Waals surface area contributed by atoms with E-state index in [1.807, 2.05) is 24.3 Å². The molecule has 0 heterocycles. The molecule has 0 amide bonds. The maximum Gasteiger partial charge on any atom is 0.300 e. The van der Waals surface area contributed by atoms with Crippen LogP contribution in [0.5, 0.6) is 0 Å². The third-order valence-corrected chi connectivity index (χ3v) is 1.52. The molecule has 0 fully saturated rings. The molecule has 0 aliphatic heterocycles. The highest BCUT2D eigenvalue weighted by molar-refractivity contribution is 9.10. The topological polar surface area (TPSA) is 37.3 Å². The van der Waals surface area contributed by atoms with E-state index >= 15 is 0 Å². The van der Waals surface area contributed by atoms with E-state index in [-0.39, 0.29) is 0 Å². The van der Waals surface area contributed by atoms with Gasteiger partial charge in [-0.2, -0.15) is 0 Å². The fourth-order valence-electron chi connectivity index (χ4n) is 0.460. The van der Waals surface area contributed by atoms with Crippen LogP contribution < -0.4 is 0 Å². The summed E-state index contributed by atoms with van der Waals surface area (Å²) in [6, 6.07) is 7.52. The van der Waals surface area contributed by atoms with Crippen LogP contribution in [0.4, 0.5) is 0 Å². The van der Waals surface area contributed by atoms with E-state index in [2.05, 4.69) is 15.9 Å². The van der Waals surface area contributed by atoms with Gasteiger partial charge in [0.05, 0.1) is 0 Å². The van der Waals surface area contributed by atoms with Crippen molar-refractivity contribution >= 4 is 33.5 Å². The highest BCUT2D eigenvalue weighted by Crippen LogP contribution is 2.14. The Bertz CT molecular complexity index is 242. The standard InChI is InChI=1S/C6H4BrCl.C2H4O2/c7-5-2-1-3-6(8)4-5;1-2(3)4/h1-4H;1H3,(H,3,4). The molecule has 2 nitrogen and oxygen atoms in total. The van der Waals surface area contributed by atoms with Crippen molar-refractivity contribution in [2.24, 2.45) is 0 Å². The lowest BCUT2D eigenvalue weighted by Gasteiger charge is -1.87. The fraction of sp³-hybridized carbons (Fsp3) is 0.125. The lowest BCUT2D eigenvalue weighted by molar-refractivity contribution is -0.134. The fourth-order valence-corrected chi connectivity index (χ4v) is 1.18. The summed E-state index contributed by atoms with van der Waals surface area (Å²) in [7, 11) is 0. The summed E-state index contributed by atoms with van der Waals surface area (Å²) < 4.78 is 1.02. The Morgan fingerprint density at radius 3 is 2.33 bits per heavy atom. The van der Waals surface area contributed by atoms with Crippen LogP contribution >= 0.6 is 27.5 Å². The highest BCUT2D eigenvalue weighted by atomic mass is 79.9. The summed E-state index contributed by atoms with van der Waals surface area (Å²) in [6.45, 7) is 1.08. The summed E-state index contributed by atoms with van der Waals surface area (Å²) in [5.41, 5.74) is 0. The zero-order chi connectivity index (χ0) is 9.56. The normalized spacial score (nSPS) is 8.25. The van der Waals surface area contributed by atoms with Crippen LogP contribution in [0.25, 0.3) is 0 Å². The molecule has 1 N–H and O–H groups in total. The summed E-state index contributed by atoms with van der Waals surface area (Å²) >= 11 is 8.89. The van der Waals surface area contributed by atoms with E-state index in [4.69, 9.17) is 21.5 Å². The molecule has 1 aromatic rings. The van der Waals surface area contributed by atoms with Gasteiger partial charge in [-0.05, 0) is 18.2 Å². The van der Waals surface area contributed by atoms with Crippen molar-refractivity contribution < 1.29 is 9.90 Å². The van der Waals surface area contributed by atoms with E-state index in [1.165, 1.54) is 0 Å². The van der Waals surface area contributed by atoms with Crippen LogP contribution in [0.1, 0.15) is 6.92 Å². The smallest absolute Gasteiger partial charge is 0.300 e. The Hall–Kier alpha value is -0.540. The minimum Gasteiger partial charge on any atom is -0.481 e. The lowest BCUT2D eigenvalue weighted by Crippen LogP contribution is -1.78. The van der Waals surface area contributed by atoms with Gasteiger partial charge < -0.3 is 5.11 Å². The van der Waals surface area contributed by atoms with Gasteiger partial charge in [0.15, 0.2) is 0 Å². The van der Waals surface area contributed by atoms with Crippen molar-refractivity contribution in [3.63, 3.8) is 0 Å². The minimum absolute atomic E-state index is 0.763. The molecule has 0 saturated heterocycles. The summed E-state index contributed by atoms with van der Waals surface area (Å²) in [6.07, 6.45) is 0. The summed E-state index contributed by atoms with van der Waals surface area (Å²) in [4.78, 5) is 9.00. The van der Waals surface area contributed by atoms with Crippen molar-refractivity contribution in [2.45, 2.75) is 6.92 Å². The molecule has 0 unspecified atom stereocenters. The number of halogens is 2. The van der Waals surface area contributed by atoms with Gasteiger partial charge in [-0.1, -0.05) is 33.6 Å². The Balaban J connectivity index is 0.000000261. The first-order valence-electron chi connectivity index (χ1n) is 3.13. The van der Waals surface area contributed by atoms with Gasteiger partial charge in [-0.3, -0.25) is 4.79 Å². The average Bonchev–Trinajstić information content (AvgIpc) is 1.84. The van der Waals surface area contributed by atoms with Gasteiger partial charge in [0.25, 0.3) is 5.97 Å². The summed E-state index contributed by atoms with van der Waals surface area (Å²) in [5, 5.41) is 8.18. The van der Waals surface area contributed by atoms with Crippen molar-refractivity contribution in [1.29, 1.82) is 0 Å². The number of hydrogen-bond donors (Lipinski definition) is 1. The molecule has 66 valence electrons. The average molecular weight is 252 g/mol. The van der Waals surface area contributed by atoms with Gasteiger partial charge >= 0.3 is 0 Å². The number of hydrogen-bond acceptors (Lipinski definition) is 1. The van der Waals surface area contributed by atoms with Crippen LogP contribution in [0.3, 0.4) is 0 Å². The van der Waals surface area contributed by atoms with E-state index in [0.29, 0.717) is 0 Å². The molecule has 0 radical (unpaired) electrons. The quantitative estimate of drug-likeness (QED) is 0.769. The predicted octanol–water partition coefficient (Wildman–Crippen LogP) is 3.19. The van der Waals surface area contributed by atoms with Crippen molar-refractivity contribution in [2.75, 3.05) is 0 Å². The van der Waals surface area contributed by atoms with Gasteiger partial charge in [-0.25, -0.2) is 0 Å². The van der Waals surface area contributed by atoms with Crippen LogP contribution in [-0.2, 0) is 4.79 Å². The third-order valence-electron chi connectivity index (χ3n) is 0.787. The maximum absolute atomic E-state index is 9.00. The molecule has 0 saturated carbocycles. The van der Waals surface area contributed by atoms with Gasteiger partial charge in [0, 0.05) is 16.4 Å². The molecule has 12 heavy (non-hydrogen) atoms. The second-order valence-electron chi connectivity index (χ2n) is 1.96. The molecule has 1 aromatic carbocycles. The van der Waals surface area contributed by atoms with Gasteiger partial charge in [0.2, 0.25) is 0 Å².